The number of anilines is 1. The Morgan fingerprint density at radius 1 is 1.17 bits per heavy atom. The highest BCUT2D eigenvalue weighted by atomic mass is 35.5. The number of H-pyrrole nitrogens is 1. The summed E-state index contributed by atoms with van der Waals surface area (Å²) in [6.07, 6.45) is -0.113. The fraction of sp³-hybridized carbons (Fsp3) is 0.182. The molecule has 3 rings (SSSR count). The van der Waals surface area contributed by atoms with Crippen molar-refractivity contribution < 1.29 is 9.59 Å². The summed E-state index contributed by atoms with van der Waals surface area (Å²) in [6, 6.07) is 14.1. The molecule has 0 bridgehead atoms. The standard InChI is InChI=1S/C22H20ClN3O3S/c1-13-19(11-20(28)25-18-8-4-6-16(10-18)14(2)27)21(29)26-22(24-13)30-12-15-5-3-7-17(23)9-15/h3-10H,11-12H2,1-2H3,(H,25,28)(H,24,26,29). The molecule has 0 saturated carbocycles. The van der Waals surface area contributed by atoms with Gasteiger partial charge in [0.1, 0.15) is 0 Å². The SMILES string of the molecule is CC(=O)c1cccc(NC(=O)Cc2c(C)nc(SCc3cccc(Cl)c3)[nH]c2=O)c1. The van der Waals surface area contributed by atoms with Gasteiger partial charge in [-0.15, -0.1) is 0 Å². The molecule has 1 amide bonds. The number of carbonyl (C=O) groups excluding carboxylic acids is 2. The number of amides is 1. The number of aromatic amines is 1. The largest absolute Gasteiger partial charge is 0.326 e. The van der Waals surface area contributed by atoms with Gasteiger partial charge >= 0.3 is 0 Å². The zero-order valence-electron chi connectivity index (χ0n) is 16.5. The van der Waals surface area contributed by atoms with Crippen LogP contribution in [0.1, 0.15) is 34.1 Å². The second kappa shape index (κ2) is 9.73. The second-order valence-corrected chi connectivity index (χ2v) is 8.12. The van der Waals surface area contributed by atoms with Crippen molar-refractivity contribution in [1.29, 1.82) is 0 Å². The van der Waals surface area contributed by atoms with Crippen molar-refractivity contribution in [2.24, 2.45) is 0 Å². The Morgan fingerprint density at radius 3 is 2.63 bits per heavy atom. The van der Waals surface area contributed by atoms with Gasteiger partial charge in [0.05, 0.1) is 6.42 Å². The van der Waals surface area contributed by atoms with E-state index in [-0.39, 0.29) is 23.7 Å². The summed E-state index contributed by atoms with van der Waals surface area (Å²) in [5.41, 5.74) is 2.49. The number of halogens is 1. The highest BCUT2D eigenvalue weighted by Gasteiger charge is 2.14. The number of Topliss-reactive ketones (excluding diaryl/α,β-unsaturated/α-hetero) is 1. The first-order valence-corrected chi connectivity index (χ1v) is 10.6. The fourth-order valence-electron chi connectivity index (χ4n) is 2.82. The van der Waals surface area contributed by atoms with Gasteiger partial charge in [0.2, 0.25) is 5.91 Å². The molecule has 2 aromatic carbocycles. The van der Waals surface area contributed by atoms with E-state index in [0.717, 1.165) is 5.56 Å². The van der Waals surface area contributed by atoms with Crippen molar-refractivity contribution in [3.05, 3.63) is 86.3 Å². The zero-order chi connectivity index (χ0) is 21.7. The van der Waals surface area contributed by atoms with Crippen molar-refractivity contribution in [3.63, 3.8) is 0 Å². The Morgan fingerprint density at radius 2 is 1.93 bits per heavy atom. The van der Waals surface area contributed by atoms with Crippen molar-refractivity contribution in [3.8, 4) is 0 Å². The predicted octanol–water partition coefficient (Wildman–Crippen LogP) is 4.41. The van der Waals surface area contributed by atoms with E-state index in [1.807, 2.05) is 18.2 Å². The Hall–Kier alpha value is -2.90. The van der Waals surface area contributed by atoms with E-state index in [4.69, 9.17) is 11.6 Å². The van der Waals surface area contributed by atoms with Crippen LogP contribution < -0.4 is 10.9 Å². The van der Waals surface area contributed by atoms with E-state index in [1.54, 1.807) is 37.3 Å². The molecule has 0 atom stereocenters. The minimum atomic E-state index is -0.356. The van der Waals surface area contributed by atoms with Crippen molar-refractivity contribution in [2.45, 2.75) is 31.2 Å². The molecule has 30 heavy (non-hydrogen) atoms. The number of ketones is 1. The molecule has 0 saturated heterocycles. The zero-order valence-corrected chi connectivity index (χ0v) is 18.1. The van der Waals surface area contributed by atoms with Crippen LogP contribution in [-0.2, 0) is 17.0 Å². The lowest BCUT2D eigenvalue weighted by Gasteiger charge is -2.09. The number of hydrogen-bond acceptors (Lipinski definition) is 5. The lowest BCUT2D eigenvalue weighted by Crippen LogP contribution is -2.23. The maximum Gasteiger partial charge on any atom is 0.255 e. The summed E-state index contributed by atoms with van der Waals surface area (Å²) >= 11 is 7.38. The van der Waals surface area contributed by atoms with E-state index in [1.165, 1.54) is 18.7 Å². The number of aromatic nitrogens is 2. The van der Waals surface area contributed by atoms with E-state index in [2.05, 4.69) is 15.3 Å². The van der Waals surface area contributed by atoms with Crippen LogP contribution in [0.3, 0.4) is 0 Å². The van der Waals surface area contributed by atoms with Crippen LogP contribution in [0.4, 0.5) is 5.69 Å². The number of carbonyl (C=O) groups is 2. The summed E-state index contributed by atoms with van der Waals surface area (Å²) in [7, 11) is 0. The van der Waals surface area contributed by atoms with E-state index < -0.39 is 0 Å². The Kier molecular flexibility index (Phi) is 7.07. The molecule has 0 fully saturated rings. The van der Waals surface area contributed by atoms with Crippen LogP contribution >= 0.6 is 23.4 Å². The molecule has 8 heteroatoms. The molecule has 0 aliphatic rings. The molecule has 2 N–H and O–H groups in total. The van der Waals surface area contributed by atoms with Gasteiger partial charge in [-0.3, -0.25) is 14.4 Å². The molecule has 6 nitrogen and oxygen atoms in total. The number of benzene rings is 2. The molecule has 0 spiro atoms. The molecular weight excluding hydrogens is 422 g/mol. The minimum Gasteiger partial charge on any atom is -0.326 e. The second-order valence-electron chi connectivity index (χ2n) is 6.72. The third-order valence-electron chi connectivity index (χ3n) is 4.36. The van der Waals surface area contributed by atoms with E-state index in [0.29, 0.717) is 38.4 Å². The Labute approximate surface area is 183 Å². The molecule has 0 aliphatic carbocycles. The van der Waals surface area contributed by atoms with Gasteiger partial charge in [0.15, 0.2) is 10.9 Å². The van der Waals surface area contributed by atoms with Gasteiger partial charge in [0.25, 0.3) is 5.56 Å². The van der Waals surface area contributed by atoms with Crippen LogP contribution in [0.25, 0.3) is 0 Å². The lowest BCUT2D eigenvalue weighted by molar-refractivity contribution is -0.115. The number of nitrogens with one attached hydrogen (secondary N) is 2. The highest BCUT2D eigenvalue weighted by Crippen LogP contribution is 2.21. The van der Waals surface area contributed by atoms with Crippen LogP contribution in [0.2, 0.25) is 5.02 Å². The first kappa shape index (κ1) is 21.8. The quantitative estimate of drug-likeness (QED) is 0.322. The molecular formula is C22H20ClN3O3S. The van der Waals surface area contributed by atoms with E-state index in [9.17, 15) is 14.4 Å². The monoisotopic (exact) mass is 441 g/mol. The normalized spacial score (nSPS) is 10.6. The van der Waals surface area contributed by atoms with Crippen molar-refractivity contribution in [1.82, 2.24) is 9.97 Å². The molecule has 1 heterocycles. The third-order valence-corrected chi connectivity index (χ3v) is 5.53. The first-order chi connectivity index (χ1) is 14.3. The van der Waals surface area contributed by atoms with Crippen LogP contribution in [0, 0.1) is 6.92 Å². The maximum absolute atomic E-state index is 12.5. The topological polar surface area (TPSA) is 91.9 Å². The average Bonchev–Trinajstić information content (AvgIpc) is 2.69. The summed E-state index contributed by atoms with van der Waals surface area (Å²) in [5, 5.41) is 3.85. The molecule has 1 aromatic heterocycles. The summed E-state index contributed by atoms with van der Waals surface area (Å²) in [4.78, 5) is 43.5. The number of nitrogens with zero attached hydrogens (tertiary/aromatic N) is 1. The Bertz CT molecular complexity index is 1160. The average molecular weight is 442 g/mol. The van der Waals surface area contributed by atoms with Gasteiger partial charge in [-0.25, -0.2) is 4.98 Å². The molecule has 0 radical (unpaired) electrons. The number of aryl methyl sites for hydroxylation is 1. The minimum absolute atomic E-state index is 0.0894. The molecule has 3 aromatic rings. The summed E-state index contributed by atoms with van der Waals surface area (Å²) < 4.78 is 0. The van der Waals surface area contributed by atoms with Crippen LogP contribution in [-0.4, -0.2) is 21.7 Å². The molecule has 0 unspecified atom stereocenters. The van der Waals surface area contributed by atoms with Crippen molar-refractivity contribution in [2.75, 3.05) is 5.32 Å². The first-order valence-electron chi connectivity index (χ1n) is 9.19. The van der Waals surface area contributed by atoms with Gasteiger partial charge in [-0.1, -0.05) is 47.6 Å². The Balaban J connectivity index is 1.67. The van der Waals surface area contributed by atoms with Crippen LogP contribution in [0.5, 0.6) is 0 Å². The van der Waals surface area contributed by atoms with Gasteiger partial charge in [0, 0.05) is 33.3 Å². The number of thioether (sulfide) groups is 1. The maximum atomic E-state index is 12.5. The van der Waals surface area contributed by atoms with Crippen molar-refractivity contribution >= 4 is 40.7 Å². The van der Waals surface area contributed by atoms with Gasteiger partial charge < -0.3 is 10.3 Å². The predicted molar refractivity (Wildman–Crippen MR) is 119 cm³/mol. The highest BCUT2D eigenvalue weighted by molar-refractivity contribution is 7.98. The molecule has 154 valence electrons. The van der Waals surface area contributed by atoms with Gasteiger partial charge in [-0.05, 0) is 43.7 Å². The van der Waals surface area contributed by atoms with Crippen LogP contribution in [0.15, 0.2) is 58.5 Å². The smallest absolute Gasteiger partial charge is 0.255 e. The lowest BCUT2D eigenvalue weighted by atomic mass is 10.1. The summed E-state index contributed by atoms with van der Waals surface area (Å²) in [5.74, 6) is 0.161. The third kappa shape index (κ3) is 5.81. The number of rotatable bonds is 7. The molecule has 0 aliphatic heterocycles. The fourth-order valence-corrected chi connectivity index (χ4v) is 3.88. The van der Waals surface area contributed by atoms with Gasteiger partial charge in [-0.2, -0.15) is 0 Å². The van der Waals surface area contributed by atoms with E-state index >= 15 is 0 Å². The summed E-state index contributed by atoms with van der Waals surface area (Å²) in [6.45, 7) is 3.17. The number of hydrogen-bond donors (Lipinski definition) is 2.